The summed E-state index contributed by atoms with van der Waals surface area (Å²) in [7, 11) is -0.583. The number of ether oxygens (including phenoxy) is 1. The minimum atomic E-state index is -1.95. The Morgan fingerprint density at radius 1 is 1.15 bits per heavy atom. The Hall–Kier alpha value is -3.07. The molecule has 3 aromatic heterocycles. The van der Waals surface area contributed by atoms with Crippen molar-refractivity contribution < 1.29 is 27.8 Å². The quantitative estimate of drug-likeness (QED) is 0.188. The van der Waals surface area contributed by atoms with Gasteiger partial charge in [0.25, 0.3) is 5.82 Å². The molecule has 0 spiro atoms. The number of hydrogen-bond donors (Lipinski definition) is 2. The minimum absolute atomic E-state index is 0.0410. The number of rotatable bonds is 10. The number of anilines is 1. The summed E-state index contributed by atoms with van der Waals surface area (Å²) < 4.78 is 22.9. The van der Waals surface area contributed by atoms with Crippen LogP contribution in [0.4, 0.5) is 5.82 Å². The highest BCUT2D eigenvalue weighted by Crippen LogP contribution is 2.31. The van der Waals surface area contributed by atoms with E-state index in [1.807, 2.05) is 48.5 Å². The first-order valence-electron chi connectivity index (χ1n) is 10.2. The maximum absolute atomic E-state index is 9.47. The minimum Gasteiger partial charge on any atom is -0.489 e. The van der Waals surface area contributed by atoms with Crippen LogP contribution in [0.3, 0.4) is 0 Å². The summed E-state index contributed by atoms with van der Waals surface area (Å²) in [4.78, 5) is 13.4. The zero-order chi connectivity index (χ0) is 23.9. The van der Waals surface area contributed by atoms with Gasteiger partial charge in [0, 0.05) is 25.8 Å². The Kier molecular flexibility index (Phi) is 8.05. The monoisotopic (exact) mass is 501 g/mol. The van der Waals surface area contributed by atoms with Crippen molar-refractivity contribution in [1.82, 2.24) is 10.1 Å². The Bertz CT molecular complexity index is 1240. The second-order valence-corrected chi connectivity index (χ2v) is 8.72. The molecule has 0 radical (unpaired) electrons. The van der Waals surface area contributed by atoms with Gasteiger partial charge in [0.15, 0.2) is 12.5 Å². The average Bonchev–Trinajstić information content (AvgIpc) is 3.31. The smallest absolute Gasteiger partial charge is 0.332 e. The van der Waals surface area contributed by atoms with Crippen LogP contribution >= 0.6 is 20.2 Å². The van der Waals surface area contributed by atoms with E-state index in [1.54, 1.807) is 23.0 Å². The first-order valence-corrected chi connectivity index (χ1v) is 11.7. The standard InChI is InChI=1S/C23H22ClN4O5P/c1-30-34(29)32-15-28-10-2-3-20(23(28)25)21-13-18(27-33-21)11-16-4-6-19(7-5-16)31-14-17-8-9-26-22(24)12-17/h2-10,12-13,25,29H,11,14-15H2,1H3/p+1. The lowest BCUT2D eigenvalue weighted by Gasteiger charge is -2.08. The van der Waals surface area contributed by atoms with E-state index in [2.05, 4.69) is 10.1 Å². The first kappa shape index (κ1) is 24.1. The molecular formula is C23H23ClN4O5P+. The van der Waals surface area contributed by atoms with E-state index in [4.69, 9.17) is 35.6 Å². The molecule has 4 aromatic rings. The molecule has 0 saturated carbocycles. The van der Waals surface area contributed by atoms with Gasteiger partial charge in [0.2, 0.25) is 0 Å². The summed E-state index contributed by atoms with van der Waals surface area (Å²) in [5.74, 6) is 1.71. The van der Waals surface area contributed by atoms with Crippen molar-refractivity contribution in [2.45, 2.75) is 19.8 Å². The second kappa shape index (κ2) is 11.4. The van der Waals surface area contributed by atoms with Crippen LogP contribution in [0, 0.1) is 0 Å². The molecule has 0 aliphatic rings. The molecule has 176 valence electrons. The molecule has 11 heteroatoms. The van der Waals surface area contributed by atoms with Crippen molar-refractivity contribution in [2.24, 2.45) is 0 Å². The normalized spacial score (nSPS) is 12.0. The molecule has 0 aliphatic carbocycles. The average molecular weight is 502 g/mol. The van der Waals surface area contributed by atoms with Crippen LogP contribution in [-0.4, -0.2) is 22.1 Å². The van der Waals surface area contributed by atoms with Gasteiger partial charge in [0.1, 0.15) is 23.1 Å². The number of benzene rings is 1. The Labute approximate surface area is 202 Å². The van der Waals surface area contributed by atoms with Crippen molar-refractivity contribution in [3.05, 3.63) is 89.0 Å². The van der Waals surface area contributed by atoms with Gasteiger partial charge in [-0.15, -0.1) is 0 Å². The van der Waals surface area contributed by atoms with Crippen LogP contribution in [0.1, 0.15) is 16.8 Å². The molecule has 0 bridgehead atoms. The maximum Gasteiger partial charge on any atom is 0.332 e. The van der Waals surface area contributed by atoms with Gasteiger partial charge in [0.05, 0.1) is 11.9 Å². The van der Waals surface area contributed by atoms with E-state index in [-0.39, 0.29) is 6.73 Å². The third-order valence-electron chi connectivity index (χ3n) is 4.91. The van der Waals surface area contributed by atoms with Crippen molar-refractivity contribution in [2.75, 3.05) is 12.8 Å². The van der Waals surface area contributed by atoms with E-state index in [0.717, 1.165) is 22.6 Å². The second-order valence-electron chi connectivity index (χ2n) is 7.23. The van der Waals surface area contributed by atoms with Gasteiger partial charge in [-0.2, -0.15) is 0 Å². The van der Waals surface area contributed by atoms with Gasteiger partial charge < -0.3 is 18.7 Å². The molecule has 4 rings (SSSR count). The Morgan fingerprint density at radius 3 is 2.74 bits per heavy atom. The van der Waals surface area contributed by atoms with Crippen LogP contribution in [0.2, 0.25) is 5.15 Å². The summed E-state index contributed by atoms with van der Waals surface area (Å²) in [6, 6.07) is 16.9. The molecule has 0 fully saturated rings. The van der Waals surface area contributed by atoms with Gasteiger partial charge in [-0.25, -0.2) is 9.55 Å². The molecule has 34 heavy (non-hydrogen) atoms. The molecule has 0 saturated heterocycles. The summed E-state index contributed by atoms with van der Waals surface area (Å²) in [5.41, 5.74) is 9.69. The molecule has 1 atom stereocenters. The van der Waals surface area contributed by atoms with E-state index < -0.39 is 8.60 Å². The van der Waals surface area contributed by atoms with Crippen molar-refractivity contribution >= 4 is 26.0 Å². The lowest BCUT2D eigenvalue weighted by molar-refractivity contribution is -0.711. The third-order valence-corrected chi connectivity index (χ3v) is 5.76. The number of aromatic nitrogens is 3. The largest absolute Gasteiger partial charge is 0.489 e. The van der Waals surface area contributed by atoms with Crippen molar-refractivity contribution in [1.29, 1.82) is 0 Å². The Balaban J connectivity index is 1.38. The fourth-order valence-electron chi connectivity index (χ4n) is 3.18. The SMILES string of the molecule is COP(O)OC[n+]1cccc(-c2cc(Cc3ccc(OCc4ccnc(Cl)c4)cc3)no2)c1N. The molecule has 3 N–H and O–H groups in total. The predicted octanol–water partition coefficient (Wildman–Crippen LogP) is 4.27. The molecular weight excluding hydrogens is 479 g/mol. The van der Waals surface area contributed by atoms with Gasteiger partial charge in [-0.05, 0) is 47.5 Å². The molecule has 1 unspecified atom stereocenters. The van der Waals surface area contributed by atoms with E-state index in [0.29, 0.717) is 35.3 Å². The summed E-state index contributed by atoms with van der Waals surface area (Å²) >= 11 is 5.91. The molecule has 0 aliphatic heterocycles. The van der Waals surface area contributed by atoms with Crippen molar-refractivity contribution in [3.8, 4) is 17.1 Å². The highest BCUT2D eigenvalue weighted by molar-refractivity contribution is 7.40. The molecule has 1 aromatic carbocycles. The number of nitrogens with two attached hydrogens (primary N) is 1. The number of hydrogen-bond acceptors (Lipinski definition) is 8. The summed E-state index contributed by atoms with van der Waals surface area (Å²) in [6.45, 7) is 0.447. The topological polar surface area (TPSA) is 117 Å². The van der Waals surface area contributed by atoms with Gasteiger partial charge in [-0.3, -0.25) is 10.3 Å². The Morgan fingerprint density at radius 2 is 1.97 bits per heavy atom. The van der Waals surface area contributed by atoms with Crippen molar-refractivity contribution in [3.63, 3.8) is 0 Å². The van der Waals surface area contributed by atoms with Crippen LogP contribution in [0.25, 0.3) is 11.3 Å². The molecule has 0 amide bonds. The summed E-state index contributed by atoms with van der Waals surface area (Å²) in [6.07, 6.45) is 3.98. The van der Waals surface area contributed by atoms with E-state index in [1.165, 1.54) is 7.11 Å². The fraction of sp³-hybridized carbons (Fsp3) is 0.174. The lowest BCUT2D eigenvalue weighted by atomic mass is 10.1. The zero-order valence-corrected chi connectivity index (χ0v) is 19.9. The summed E-state index contributed by atoms with van der Waals surface area (Å²) in [5, 5.41) is 4.61. The predicted molar refractivity (Wildman–Crippen MR) is 127 cm³/mol. The molecule has 3 heterocycles. The lowest BCUT2D eigenvalue weighted by Crippen LogP contribution is -2.37. The molecule has 9 nitrogen and oxygen atoms in total. The number of pyridine rings is 2. The number of nitrogen functional groups attached to an aromatic ring is 1. The van der Waals surface area contributed by atoms with Gasteiger partial charge >= 0.3 is 8.60 Å². The van der Waals surface area contributed by atoms with Crippen LogP contribution in [0.5, 0.6) is 5.75 Å². The van der Waals surface area contributed by atoms with Crippen LogP contribution in [-0.2, 0) is 28.8 Å². The van der Waals surface area contributed by atoms with E-state index >= 15 is 0 Å². The number of halogens is 1. The maximum atomic E-state index is 9.47. The third kappa shape index (κ3) is 6.28. The van der Waals surface area contributed by atoms with Crippen LogP contribution < -0.4 is 15.0 Å². The first-order chi connectivity index (χ1) is 16.5. The van der Waals surface area contributed by atoms with Gasteiger partial charge in [-0.1, -0.05) is 28.9 Å². The number of nitrogens with zero attached hydrogens (tertiary/aromatic N) is 3. The van der Waals surface area contributed by atoms with E-state index in [9.17, 15) is 4.89 Å². The van der Waals surface area contributed by atoms with Crippen LogP contribution in [0.15, 0.2) is 71.5 Å². The highest BCUT2D eigenvalue weighted by Gasteiger charge is 2.18. The fourth-order valence-corrected chi connectivity index (χ4v) is 3.71. The zero-order valence-electron chi connectivity index (χ0n) is 18.3. The highest BCUT2D eigenvalue weighted by atomic mass is 35.5.